The maximum Gasteiger partial charge on any atom is 0.407 e. The Labute approximate surface area is 300 Å². The first-order valence-electron chi connectivity index (χ1n) is 18.5. The average Bonchev–Trinajstić information content (AvgIpc) is 3.03. The summed E-state index contributed by atoms with van der Waals surface area (Å²) >= 11 is 0. The standard InChI is InChI=1S/C35H61N5O11/c1-34(2,3)50-32(45)37-15-9-7-11-21(36)29(43)40-22(12-8-10-16-38-33(46)51-35(4,5)6)30(44)39-17-24-25-26(41)27(42)31(49-24)48-23-14-13-19(23)20-18-47-28(20)25/h19-28,31,41-42H,7-18,36H2,1-6H3,(H,37,45)(H,38,46)(H,39,44)(H,40,43)/t19?,20?,21-,22-,23?,24?,25?,26?,27?,28?,31?/m0/s1. The second-order valence-electron chi connectivity index (χ2n) is 16.2. The van der Waals surface area contributed by atoms with Crippen LogP contribution in [0.4, 0.5) is 9.59 Å². The van der Waals surface area contributed by atoms with E-state index in [1.807, 2.05) is 0 Å². The van der Waals surface area contributed by atoms with Crippen LogP contribution in [-0.4, -0.2) is 121 Å². The van der Waals surface area contributed by atoms with Crippen LogP contribution in [-0.2, 0) is 33.3 Å². The van der Waals surface area contributed by atoms with Crippen LogP contribution in [0.5, 0.6) is 0 Å². The number of nitrogens with one attached hydrogen (secondary N) is 4. The van der Waals surface area contributed by atoms with E-state index in [9.17, 15) is 29.4 Å². The van der Waals surface area contributed by atoms with E-state index in [2.05, 4.69) is 21.3 Å². The van der Waals surface area contributed by atoms with E-state index in [1.165, 1.54) is 0 Å². The molecule has 5 rings (SSSR count). The first-order chi connectivity index (χ1) is 23.9. The molecule has 51 heavy (non-hydrogen) atoms. The molecule has 2 bridgehead atoms. The number of aliphatic hydroxyl groups excluding tert-OH is 2. The third-order valence-electron chi connectivity index (χ3n) is 9.81. The average molecular weight is 728 g/mol. The van der Waals surface area contributed by atoms with Crippen molar-refractivity contribution < 1.29 is 53.1 Å². The molecule has 16 nitrogen and oxygen atoms in total. The van der Waals surface area contributed by atoms with Crippen molar-refractivity contribution in [2.24, 2.45) is 23.5 Å². The molecule has 0 spiro atoms. The van der Waals surface area contributed by atoms with Gasteiger partial charge in [0.2, 0.25) is 11.8 Å². The Morgan fingerprint density at radius 3 is 1.92 bits per heavy atom. The van der Waals surface area contributed by atoms with Gasteiger partial charge in [0.1, 0.15) is 23.3 Å². The largest absolute Gasteiger partial charge is 0.444 e. The maximum absolute atomic E-state index is 13.6. The molecule has 4 saturated heterocycles. The molecule has 11 atom stereocenters. The van der Waals surface area contributed by atoms with E-state index in [1.54, 1.807) is 41.5 Å². The number of nitrogens with two attached hydrogens (primary N) is 1. The maximum atomic E-state index is 13.6. The Bertz CT molecular complexity index is 1190. The number of aliphatic hydroxyl groups is 2. The lowest BCUT2D eigenvalue weighted by Gasteiger charge is -2.52. The summed E-state index contributed by atoms with van der Waals surface area (Å²) in [6.45, 7) is 11.9. The zero-order chi connectivity index (χ0) is 37.5. The predicted octanol–water partition coefficient (Wildman–Crippen LogP) is 1.19. The molecule has 4 aliphatic heterocycles. The second kappa shape index (κ2) is 17.8. The van der Waals surface area contributed by atoms with Crippen LogP contribution < -0.4 is 27.0 Å². The quantitative estimate of drug-likeness (QED) is 0.118. The van der Waals surface area contributed by atoms with Crippen LogP contribution in [0.2, 0.25) is 0 Å². The Balaban J connectivity index is 1.31. The Morgan fingerprint density at radius 1 is 0.784 bits per heavy atom. The van der Waals surface area contributed by atoms with E-state index < -0.39 is 77.8 Å². The fourth-order valence-corrected chi connectivity index (χ4v) is 7.04. The molecule has 8 N–H and O–H groups in total. The molecule has 0 aromatic rings. The highest BCUT2D eigenvalue weighted by Gasteiger charge is 2.59. The Morgan fingerprint density at radius 2 is 1.39 bits per heavy atom. The number of amides is 4. The van der Waals surface area contributed by atoms with Crippen molar-refractivity contribution >= 4 is 24.0 Å². The fraction of sp³-hybridized carbons (Fsp3) is 0.886. The zero-order valence-corrected chi connectivity index (χ0v) is 31.0. The van der Waals surface area contributed by atoms with Gasteiger partial charge >= 0.3 is 12.2 Å². The van der Waals surface area contributed by atoms with Crippen molar-refractivity contribution in [1.82, 2.24) is 21.3 Å². The topological polar surface area (TPSA) is 229 Å². The fourth-order valence-electron chi connectivity index (χ4n) is 7.04. The summed E-state index contributed by atoms with van der Waals surface area (Å²) in [6, 6.07) is -1.83. The molecule has 0 aromatic carbocycles. The van der Waals surface area contributed by atoms with E-state index in [4.69, 9.17) is 29.4 Å². The number of hydrogen-bond donors (Lipinski definition) is 7. The summed E-state index contributed by atoms with van der Waals surface area (Å²) in [4.78, 5) is 50.7. The van der Waals surface area contributed by atoms with Gasteiger partial charge in [0.15, 0.2) is 6.29 Å². The SMILES string of the molecule is CC(C)(C)OC(=O)NCCCC[C@H](NC(=O)[C@@H](N)CCCCNC(=O)OC(C)(C)C)C(=O)NCC1OC2OC3CCC3C3COC3C1C(O)C2O. The number of alkyl carbamates (subject to hydrolysis) is 2. The number of rotatable bonds is 15. The monoisotopic (exact) mass is 727 g/mol. The normalized spacial score (nSPS) is 31.0. The number of hydrogen-bond acceptors (Lipinski definition) is 12. The zero-order valence-electron chi connectivity index (χ0n) is 31.0. The van der Waals surface area contributed by atoms with E-state index in [-0.39, 0.29) is 37.0 Å². The Kier molecular flexibility index (Phi) is 14.3. The molecule has 5 fully saturated rings. The molecule has 4 amide bonds. The highest BCUT2D eigenvalue weighted by molar-refractivity contribution is 5.89. The van der Waals surface area contributed by atoms with Crippen LogP contribution in [0.25, 0.3) is 0 Å². The smallest absolute Gasteiger partial charge is 0.407 e. The van der Waals surface area contributed by atoms with Crippen molar-refractivity contribution in [2.45, 2.75) is 153 Å². The highest BCUT2D eigenvalue weighted by atomic mass is 16.7. The summed E-state index contributed by atoms with van der Waals surface area (Å²) in [5.74, 6) is -1.08. The minimum absolute atomic E-state index is 0.00166. The van der Waals surface area contributed by atoms with E-state index in [0.717, 1.165) is 12.8 Å². The van der Waals surface area contributed by atoms with Gasteiger partial charge in [-0.05, 0) is 98.8 Å². The summed E-state index contributed by atoms with van der Waals surface area (Å²) in [5, 5.41) is 33.0. The first-order valence-corrected chi connectivity index (χ1v) is 18.5. The van der Waals surface area contributed by atoms with Gasteiger partial charge in [-0.2, -0.15) is 0 Å². The van der Waals surface area contributed by atoms with Crippen molar-refractivity contribution in [1.29, 1.82) is 0 Å². The number of fused-ring (bicyclic) bond motifs is 2. The van der Waals surface area contributed by atoms with Crippen LogP contribution in [0.15, 0.2) is 0 Å². The predicted molar refractivity (Wildman–Crippen MR) is 184 cm³/mol. The lowest BCUT2D eigenvalue weighted by atomic mass is 9.66. The van der Waals surface area contributed by atoms with Crippen LogP contribution in [0.1, 0.15) is 92.9 Å². The van der Waals surface area contributed by atoms with E-state index >= 15 is 0 Å². The molecule has 5 aliphatic rings. The second-order valence-corrected chi connectivity index (χ2v) is 16.2. The van der Waals surface area contributed by atoms with Gasteiger partial charge in [0.05, 0.1) is 37.1 Å². The molecule has 292 valence electrons. The van der Waals surface area contributed by atoms with Gasteiger partial charge in [-0.15, -0.1) is 0 Å². The number of carbonyl (C=O) groups is 4. The third-order valence-corrected chi connectivity index (χ3v) is 9.81. The van der Waals surface area contributed by atoms with Crippen molar-refractivity contribution in [3.63, 3.8) is 0 Å². The molecule has 1 aliphatic carbocycles. The van der Waals surface area contributed by atoms with Crippen molar-refractivity contribution in [3.8, 4) is 0 Å². The summed E-state index contributed by atoms with van der Waals surface area (Å²) in [7, 11) is 0. The van der Waals surface area contributed by atoms with Gasteiger partial charge in [-0.1, -0.05) is 0 Å². The van der Waals surface area contributed by atoms with E-state index in [0.29, 0.717) is 51.8 Å². The van der Waals surface area contributed by atoms with Crippen LogP contribution in [0.3, 0.4) is 0 Å². The lowest BCUT2D eigenvalue weighted by Crippen LogP contribution is -2.64. The molecule has 0 radical (unpaired) electrons. The highest BCUT2D eigenvalue weighted by Crippen LogP contribution is 2.50. The minimum Gasteiger partial charge on any atom is -0.444 e. The van der Waals surface area contributed by atoms with Crippen molar-refractivity contribution in [2.75, 3.05) is 26.2 Å². The molecule has 9 unspecified atom stereocenters. The van der Waals surface area contributed by atoms with Gasteiger partial charge in [0.25, 0.3) is 0 Å². The minimum atomic E-state index is -1.25. The molecule has 4 heterocycles. The Hall–Kier alpha value is -2.76. The lowest BCUT2D eigenvalue weighted by molar-refractivity contribution is -0.308. The summed E-state index contributed by atoms with van der Waals surface area (Å²) in [5.41, 5.74) is 4.97. The number of ether oxygens (including phenoxy) is 5. The molecule has 1 saturated carbocycles. The van der Waals surface area contributed by atoms with Crippen LogP contribution >= 0.6 is 0 Å². The van der Waals surface area contributed by atoms with Gasteiger partial charge < -0.3 is 60.9 Å². The molecular weight excluding hydrogens is 666 g/mol. The molecular formula is C35H61N5O11. The summed E-state index contributed by atoms with van der Waals surface area (Å²) < 4.78 is 28.7. The summed E-state index contributed by atoms with van der Waals surface area (Å²) in [6.07, 6.45) is -1.03. The van der Waals surface area contributed by atoms with Crippen LogP contribution in [0, 0.1) is 17.8 Å². The molecule has 16 heteroatoms. The third kappa shape index (κ3) is 11.9. The molecule has 0 aromatic heterocycles. The number of carbonyl (C=O) groups excluding carboxylic acids is 4. The van der Waals surface area contributed by atoms with Gasteiger partial charge in [-0.25, -0.2) is 9.59 Å². The number of unbranched alkanes of at least 4 members (excludes halogenated alkanes) is 2. The van der Waals surface area contributed by atoms with Gasteiger partial charge in [-0.3, -0.25) is 9.59 Å². The van der Waals surface area contributed by atoms with Gasteiger partial charge in [0, 0.05) is 31.5 Å². The first kappa shape index (κ1) is 41.0. The van der Waals surface area contributed by atoms with Crippen molar-refractivity contribution in [3.05, 3.63) is 0 Å².